The summed E-state index contributed by atoms with van der Waals surface area (Å²) in [6.45, 7) is 5.65. The van der Waals surface area contributed by atoms with Gasteiger partial charge in [0, 0.05) is 32.1 Å². The second-order valence-corrected chi connectivity index (χ2v) is 10.5. The van der Waals surface area contributed by atoms with E-state index in [-0.39, 0.29) is 23.6 Å². The van der Waals surface area contributed by atoms with E-state index in [9.17, 15) is 9.59 Å². The number of carbonyl (C=O) groups excluding carboxylic acids is 2. The van der Waals surface area contributed by atoms with Gasteiger partial charge in [0.25, 0.3) is 0 Å². The first-order chi connectivity index (χ1) is 18.5. The number of hydrogen-bond acceptors (Lipinski definition) is 6. The SMILES string of the molecule is Cc1cccc(-n2c(SCC(=O)N3CCN(C(=O)CCc4ccccc4)C(C)C3)nnc2-c2ccco2)c1. The van der Waals surface area contributed by atoms with Crippen LogP contribution in [0.4, 0.5) is 0 Å². The summed E-state index contributed by atoms with van der Waals surface area (Å²) >= 11 is 1.36. The van der Waals surface area contributed by atoms with E-state index in [2.05, 4.69) is 16.3 Å². The predicted molar refractivity (Wildman–Crippen MR) is 147 cm³/mol. The Morgan fingerprint density at radius 2 is 1.84 bits per heavy atom. The highest BCUT2D eigenvalue weighted by atomic mass is 32.2. The third kappa shape index (κ3) is 5.83. The molecule has 1 atom stereocenters. The Kier molecular flexibility index (Phi) is 7.93. The van der Waals surface area contributed by atoms with Crippen molar-refractivity contribution in [1.82, 2.24) is 24.6 Å². The van der Waals surface area contributed by atoms with Gasteiger partial charge < -0.3 is 14.2 Å². The van der Waals surface area contributed by atoms with E-state index in [1.807, 2.05) is 88.9 Å². The summed E-state index contributed by atoms with van der Waals surface area (Å²) in [5.41, 5.74) is 3.18. The van der Waals surface area contributed by atoms with Crippen LogP contribution in [0.25, 0.3) is 17.3 Å². The maximum atomic E-state index is 13.2. The quantitative estimate of drug-likeness (QED) is 0.310. The van der Waals surface area contributed by atoms with Gasteiger partial charge in [0.05, 0.1) is 17.7 Å². The summed E-state index contributed by atoms with van der Waals surface area (Å²) in [4.78, 5) is 29.8. The van der Waals surface area contributed by atoms with Crippen molar-refractivity contribution in [1.29, 1.82) is 0 Å². The van der Waals surface area contributed by atoms with Crippen molar-refractivity contribution in [3.05, 3.63) is 84.1 Å². The first kappa shape index (κ1) is 25.8. The van der Waals surface area contributed by atoms with Gasteiger partial charge in [-0.3, -0.25) is 14.2 Å². The van der Waals surface area contributed by atoms with Crippen molar-refractivity contribution in [2.75, 3.05) is 25.4 Å². The summed E-state index contributed by atoms with van der Waals surface area (Å²) in [7, 11) is 0. The van der Waals surface area contributed by atoms with E-state index in [1.54, 1.807) is 6.26 Å². The Bertz CT molecular complexity index is 1390. The molecular formula is C29H31N5O3S. The van der Waals surface area contributed by atoms with E-state index < -0.39 is 0 Å². The van der Waals surface area contributed by atoms with Crippen LogP contribution < -0.4 is 0 Å². The van der Waals surface area contributed by atoms with Crippen LogP contribution in [0.1, 0.15) is 24.5 Å². The van der Waals surface area contributed by atoms with E-state index in [0.717, 1.165) is 23.2 Å². The molecule has 0 bridgehead atoms. The van der Waals surface area contributed by atoms with Crippen LogP contribution in [0.3, 0.4) is 0 Å². The molecule has 2 aromatic carbocycles. The largest absolute Gasteiger partial charge is 0.461 e. The normalized spacial score (nSPS) is 15.6. The second kappa shape index (κ2) is 11.7. The number of piperazine rings is 1. The van der Waals surface area contributed by atoms with Crippen LogP contribution in [0.2, 0.25) is 0 Å². The molecule has 1 saturated heterocycles. The highest BCUT2D eigenvalue weighted by molar-refractivity contribution is 7.99. The first-order valence-corrected chi connectivity index (χ1v) is 13.8. The summed E-state index contributed by atoms with van der Waals surface area (Å²) in [5, 5.41) is 9.37. The van der Waals surface area contributed by atoms with Crippen LogP contribution >= 0.6 is 11.8 Å². The average molecular weight is 530 g/mol. The number of carbonyl (C=O) groups is 2. The molecule has 2 amide bonds. The van der Waals surface area contributed by atoms with Gasteiger partial charge in [-0.2, -0.15) is 0 Å². The maximum Gasteiger partial charge on any atom is 0.233 e. The number of amides is 2. The van der Waals surface area contributed by atoms with Crippen molar-refractivity contribution in [2.45, 2.75) is 37.9 Å². The molecule has 0 spiro atoms. The minimum absolute atomic E-state index is 0.0246. The van der Waals surface area contributed by atoms with Gasteiger partial charge in [0.1, 0.15) is 0 Å². The fraction of sp³-hybridized carbons (Fsp3) is 0.310. The van der Waals surface area contributed by atoms with Gasteiger partial charge in [-0.1, -0.05) is 54.2 Å². The number of thioether (sulfide) groups is 1. The number of furan rings is 1. The summed E-state index contributed by atoms with van der Waals surface area (Å²) in [6.07, 6.45) is 2.81. The monoisotopic (exact) mass is 529 g/mol. The molecule has 196 valence electrons. The van der Waals surface area contributed by atoms with Gasteiger partial charge in [-0.25, -0.2) is 0 Å². The molecule has 0 radical (unpaired) electrons. The third-order valence-electron chi connectivity index (χ3n) is 6.73. The Hall–Kier alpha value is -3.85. The molecule has 0 N–H and O–H groups in total. The third-order valence-corrected chi connectivity index (χ3v) is 7.64. The van der Waals surface area contributed by atoms with Crippen LogP contribution in [0, 0.1) is 6.92 Å². The molecule has 0 aliphatic carbocycles. The van der Waals surface area contributed by atoms with Gasteiger partial charge in [-0.15, -0.1) is 10.2 Å². The summed E-state index contributed by atoms with van der Waals surface area (Å²) in [6, 6.07) is 21.7. The fourth-order valence-electron chi connectivity index (χ4n) is 4.74. The molecule has 1 fully saturated rings. The zero-order valence-electron chi connectivity index (χ0n) is 21.6. The van der Waals surface area contributed by atoms with Crippen molar-refractivity contribution in [3.8, 4) is 17.3 Å². The lowest BCUT2D eigenvalue weighted by molar-refractivity contribution is -0.141. The van der Waals surface area contributed by atoms with E-state index in [0.29, 0.717) is 42.8 Å². The number of aromatic nitrogens is 3. The molecular weight excluding hydrogens is 498 g/mol. The van der Waals surface area contributed by atoms with Gasteiger partial charge in [-0.05, 0) is 55.7 Å². The zero-order chi connectivity index (χ0) is 26.5. The van der Waals surface area contributed by atoms with Crippen molar-refractivity contribution in [2.24, 2.45) is 0 Å². The molecule has 3 heterocycles. The van der Waals surface area contributed by atoms with Crippen LogP contribution in [-0.2, 0) is 16.0 Å². The standard InChI is InChI=1S/C29H31N5O3S/c1-21-8-6-11-24(18-21)34-28(25-12-7-17-37-25)30-31-29(34)38-20-27(36)32-15-16-33(22(2)19-32)26(35)14-13-23-9-4-3-5-10-23/h3-12,17-18,22H,13-16,19-20H2,1-2H3. The molecule has 8 nitrogen and oxygen atoms in total. The first-order valence-electron chi connectivity index (χ1n) is 12.8. The fourth-order valence-corrected chi connectivity index (χ4v) is 5.60. The van der Waals surface area contributed by atoms with Crippen molar-refractivity contribution in [3.63, 3.8) is 0 Å². The van der Waals surface area contributed by atoms with Gasteiger partial charge in [0.2, 0.25) is 17.6 Å². The van der Waals surface area contributed by atoms with E-state index in [1.165, 1.54) is 11.8 Å². The van der Waals surface area contributed by atoms with Crippen molar-refractivity contribution >= 4 is 23.6 Å². The molecule has 2 aromatic heterocycles. The minimum atomic E-state index is -0.0255. The number of nitrogens with zero attached hydrogens (tertiary/aromatic N) is 5. The molecule has 1 aliphatic heterocycles. The average Bonchev–Trinajstić information content (AvgIpc) is 3.61. The number of aryl methyl sites for hydroxylation is 2. The Morgan fingerprint density at radius 3 is 2.58 bits per heavy atom. The minimum Gasteiger partial charge on any atom is -0.461 e. The predicted octanol–water partition coefficient (Wildman–Crippen LogP) is 4.62. The van der Waals surface area contributed by atoms with E-state index >= 15 is 0 Å². The summed E-state index contributed by atoms with van der Waals surface area (Å²) in [5.74, 6) is 1.60. The Morgan fingerprint density at radius 1 is 1.00 bits per heavy atom. The Labute approximate surface area is 226 Å². The molecule has 1 aliphatic rings. The Balaban J connectivity index is 1.21. The summed E-state index contributed by atoms with van der Waals surface area (Å²) < 4.78 is 7.52. The lowest BCUT2D eigenvalue weighted by atomic mass is 10.1. The van der Waals surface area contributed by atoms with Crippen molar-refractivity contribution < 1.29 is 14.0 Å². The zero-order valence-corrected chi connectivity index (χ0v) is 22.4. The second-order valence-electron chi connectivity index (χ2n) is 9.51. The van der Waals surface area contributed by atoms with E-state index in [4.69, 9.17) is 4.42 Å². The van der Waals surface area contributed by atoms with Gasteiger partial charge in [0.15, 0.2) is 10.9 Å². The number of hydrogen-bond donors (Lipinski definition) is 0. The smallest absolute Gasteiger partial charge is 0.233 e. The lowest BCUT2D eigenvalue weighted by Crippen LogP contribution is -2.55. The van der Waals surface area contributed by atoms with Crippen LogP contribution in [0.15, 0.2) is 82.6 Å². The molecule has 38 heavy (non-hydrogen) atoms. The number of rotatable bonds is 8. The molecule has 5 rings (SSSR count). The topological polar surface area (TPSA) is 84.5 Å². The van der Waals surface area contributed by atoms with Crippen LogP contribution in [0.5, 0.6) is 0 Å². The van der Waals surface area contributed by atoms with Crippen LogP contribution in [-0.4, -0.2) is 67.8 Å². The highest BCUT2D eigenvalue weighted by Gasteiger charge is 2.30. The van der Waals surface area contributed by atoms with Gasteiger partial charge >= 0.3 is 0 Å². The lowest BCUT2D eigenvalue weighted by Gasteiger charge is -2.40. The highest BCUT2D eigenvalue weighted by Crippen LogP contribution is 2.29. The molecule has 9 heteroatoms. The molecule has 1 unspecified atom stereocenters. The molecule has 0 saturated carbocycles. The molecule has 4 aromatic rings. The number of benzene rings is 2. The maximum absolute atomic E-state index is 13.2.